The smallest absolute Gasteiger partial charge is 0.308 e. The number of aryl methyl sites for hydroxylation is 1. The Balaban J connectivity index is 2.09. The molecule has 0 spiro atoms. The second kappa shape index (κ2) is 7.65. The van der Waals surface area contributed by atoms with Crippen molar-refractivity contribution in [2.24, 2.45) is 5.10 Å². The number of benzene rings is 2. The van der Waals surface area contributed by atoms with Gasteiger partial charge in [0.05, 0.1) is 19.0 Å². The van der Waals surface area contributed by atoms with Gasteiger partial charge in [-0.3, -0.25) is 10.2 Å². The Morgan fingerprint density at radius 3 is 2.65 bits per heavy atom. The molecule has 0 unspecified atom stereocenters. The Labute approximate surface area is 139 Å². The molecule has 0 aliphatic carbocycles. The zero-order valence-corrected chi connectivity index (χ0v) is 13.8. The van der Waals surface area contributed by atoms with E-state index in [1.54, 1.807) is 30.5 Å². The lowest BCUT2D eigenvalue weighted by Crippen LogP contribution is -2.03. The van der Waals surface area contributed by atoms with Crippen LogP contribution in [0.5, 0.6) is 11.5 Å². The molecule has 0 atom stereocenters. The molecule has 0 radical (unpaired) electrons. The first-order chi connectivity index (χ1) is 11.0. The average molecular weight is 333 g/mol. The molecule has 0 fully saturated rings. The zero-order chi connectivity index (χ0) is 16.8. The molecule has 5 nitrogen and oxygen atoms in total. The van der Waals surface area contributed by atoms with E-state index in [0.29, 0.717) is 16.5 Å². The first-order valence-corrected chi connectivity index (χ1v) is 7.29. The Morgan fingerprint density at radius 2 is 2.00 bits per heavy atom. The monoisotopic (exact) mass is 332 g/mol. The summed E-state index contributed by atoms with van der Waals surface area (Å²) in [6, 6.07) is 10.8. The second-order valence-electron chi connectivity index (χ2n) is 4.84. The number of ether oxygens (including phenoxy) is 2. The Morgan fingerprint density at radius 1 is 1.22 bits per heavy atom. The summed E-state index contributed by atoms with van der Waals surface area (Å²) >= 11 is 6.06. The van der Waals surface area contributed by atoms with Gasteiger partial charge in [-0.05, 0) is 48.4 Å². The van der Waals surface area contributed by atoms with Gasteiger partial charge in [-0.1, -0.05) is 17.7 Å². The van der Waals surface area contributed by atoms with Crippen molar-refractivity contribution < 1.29 is 14.3 Å². The molecule has 0 aromatic heterocycles. The van der Waals surface area contributed by atoms with Crippen LogP contribution in [0.15, 0.2) is 41.5 Å². The van der Waals surface area contributed by atoms with Gasteiger partial charge in [0.1, 0.15) is 0 Å². The van der Waals surface area contributed by atoms with Crippen LogP contribution in [0, 0.1) is 6.92 Å². The standard InChI is InChI=1S/C17H17ClN2O3/c1-11-4-6-14(9-15(11)18)20-19-10-13-5-7-16(23-12(2)21)17(8-13)22-3/h4-10,20H,1-3H3/b19-10-. The quantitative estimate of drug-likeness (QED) is 0.389. The maximum atomic E-state index is 11.0. The molecule has 0 heterocycles. The van der Waals surface area contributed by atoms with Crippen LogP contribution in [0.25, 0.3) is 0 Å². The molecule has 0 saturated heterocycles. The summed E-state index contributed by atoms with van der Waals surface area (Å²) in [5.74, 6) is 0.431. The maximum Gasteiger partial charge on any atom is 0.308 e. The molecule has 2 rings (SSSR count). The number of carbonyl (C=O) groups is 1. The van der Waals surface area contributed by atoms with Gasteiger partial charge in [-0.2, -0.15) is 5.10 Å². The highest BCUT2D eigenvalue weighted by molar-refractivity contribution is 6.31. The minimum absolute atomic E-state index is 0.371. The van der Waals surface area contributed by atoms with Crippen LogP contribution in [-0.2, 0) is 4.79 Å². The fourth-order valence-corrected chi connectivity index (χ4v) is 2.03. The molecule has 0 aliphatic heterocycles. The molecule has 0 aliphatic rings. The minimum Gasteiger partial charge on any atom is -0.493 e. The lowest BCUT2D eigenvalue weighted by atomic mass is 10.2. The van der Waals surface area contributed by atoms with Crippen LogP contribution in [0.3, 0.4) is 0 Å². The van der Waals surface area contributed by atoms with Gasteiger partial charge in [-0.25, -0.2) is 0 Å². The minimum atomic E-state index is -0.400. The third kappa shape index (κ3) is 4.72. The normalized spacial score (nSPS) is 10.6. The van der Waals surface area contributed by atoms with Crippen molar-refractivity contribution in [2.75, 3.05) is 12.5 Å². The predicted octanol–water partition coefficient (Wildman–Crippen LogP) is 4.03. The molecule has 6 heteroatoms. The third-order valence-corrected chi connectivity index (χ3v) is 3.43. The van der Waals surface area contributed by atoms with Gasteiger partial charge < -0.3 is 9.47 Å². The molecule has 23 heavy (non-hydrogen) atoms. The van der Waals surface area contributed by atoms with Gasteiger partial charge in [0.2, 0.25) is 0 Å². The van der Waals surface area contributed by atoms with E-state index in [1.165, 1.54) is 14.0 Å². The van der Waals surface area contributed by atoms with Crippen LogP contribution in [0.2, 0.25) is 5.02 Å². The van der Waals surface area contributed by atoms with E-state index in [4.69, 9.17) is 21.1 Å². The van der Waals surface area contributed by atoms with Crippen LogP contribution < -0.4 is 14.9 Å². The zero-order valence-electron chi connectivity index (χ0n) is 13.1. The number of esters is 1. The number of anilines is 1. The summed E-state index contributed by atoms with van der Waals surface area (Å²) in [6.07, 6.45) is 1.63. The summed E-state index contributed by atoms with van der Waals surface area (Å²) in [5, 5.41) is 4.83. The fourth-order valence-electron chi connectivity index (χ4n) is 1.85. The SMILES string of the molecule is COc1cc(/C=N\Nc2ccc(C)c(Cl)c2)ccc1OC(C)=O. The van der Waals surface area contributed by atoms with Crippen molar-refractivity contribution in [1.82, 2.24) is 0 Å². The number of nitrogens with zero attached hydrogens (tertiary/aromatic N) is 1. The average Bonchev–Trinajstić information content (AvgIpc) is 2.51. The van der Waals surface area contributed by atoms with Crippen molar-refractivity contribution in [2.45, 2.75) is 13.8 Å². The van der Waals surface area contributed by atoms with Gasteiger partial charge in [0, 0.05) is 11.9 Å². The molecule has 120 valence electrons. The van der Waals surface area contributed by atoms with Crippen LogP contribution >= 0.6 is 11.6 Å². The molecule has 0 saturated carbocycles. The van der Waals surface area contributed by atoms with Crippen molar-refractivity contribution in [3.05, 3.63) is 52.5 Å². The summed E-state index contributed by atoms with van der Waals surface area (Å²) in [5.41, 5.74) is 5.50. The molecule has 2 aromatic carbocycles. The van der Waals surface area contributed by atoms with Crippen molar-refractivity contribution in [3.8, 4) is 11.5 Å². The Kier molecular flexibility index (Phi) is 5.60. The van der Waals surface area contributed by atoms with E-state index < -0.39 is 5.97 Å². The molecule has 0 bridgehead atoms. The predicted molar refractivity (Wildman–Crippen MR) is 91.7 cm³/mol. The van der Waals surface area contributed by atoms with E-state index in [1.807, 2.05) is 19.1 Å². The number of halogens is 1. The highest BCUT2D eigenvalue weighted by Gasteiger charge is 2.07. The molecular weight excluding hydrogens is 316 g/mol. The van der Waals surface area contributed by atoms with Gasteiger partial charge in [-0.15, -0.1) is 0 Å². The number of hydrogen-bond acceptors (Lipinski definition) is 5. The maximum absolute atomic E-state index is 11.0. The number of nitrogens with one attached hydrogen (secondary N) is 1. The van der Waals surface area contributed by atoms with Crippen molar-refractivity contribution in [1.29, 1.82) is 0 Å². The molecular formula is C17H17ClN2O3. The lowest BCUT2D eigenvalue weighted by Gasteiger charge is -2.08. The van der Waals surface area contributed by atoms with E-state index in [9.17, 15) is 4.79 Å². The highest BCUT2D eigenvalue weighted by Crippen LogP contribution is 2.27. The number of hydrogen-bond donors (Lipinski definition) is 1. The Bertz CT molecular complexity index is 745. The Hall–Kier alpha value is -2.53. The number of methoxy groups -OCH3 is 1. The first kappa shape index (κ1) is 16.8. The topological polar surface area (TPSA) is 59.9 Å². The number of rotatable bonds is 5. The first-order valence-electron chi connectivity index (χ1n) is 6.91. The van der Waals surface area contributed by atoms with Crippen molar-refractivity contribution in [3.63, 3.8) is 0 Å². The van der Waals surface area contributed by atoms with E-state index in [-0.39, 0.29) is 0 Å². The third-order valence-electron chi connectivity index (χ3n) is 3.02. The molecule has 0 amide bonds. The van der Waals surface area contributed by atoms with E-state index >= 15 is 0 Å². The summed E-state index contributed by atoms with van der Waals surface area (Å²) in [4.78, 5) is 11.0. The van der Waals surface area contributed by atoms with Gasteiger partial charge in [0.25, 0.3) is 0 Å². The van der Waals surface area contributed by atoms with Crippen LogP contribution in [0.4, 0.5) is 5.69 Å². The largest absolute Gasteiger partial charge is 0.493 e. The fraction of sp³-hybridized carbons (Fsp3) is 0.176. The highest BCUT2D eigenvalue weighted by atomic mass is 35.5. The summed E-state index contributed by atoms with van der Waals surface area (Å²) in [7, 11) is 1.51. The van der Waals surface area contributed by atoms with E-state index in [2.05, 4.69) is 10.5 Å². The van der Waals surface area contributed by atoms with Crippen molar-refractivity contribution >= 4 is 29.5 Å². The van der Waals surface area contributed by atoms with Gasteiger partial charge in [0.15, 0.2) is 11.5 Å². The summed E-state index contributed by atoms with van der Waals surface area (Å²) in [6.45, 7) is 3.28. The van der Waals surface area contributed by atoms with E-state index in [0.717, 1.165) is 16.8 Å². The van der Waals surface area contributed by atoms with Crippen LogP contribution in [-0.4, -0.2) is 19.3 Å². The number of carbonyl (C=O) groups excluding carboxylic acids is 1. The molecule has 1 N–H and O–H groups in total. The second-order valence-corrected chi connectivity index (χ2v) is 5.25. The lowest BCUT2D eigenvalue weighted by molar-refractivity contribution is -0.132. The van der Waals surface area contributed by atoms with Crippen LogP contribution in [0.1, 0.15) is 18.1 Å². The summed E-state index contributed by atoms with van der Waals surface area (Å²) < 4.78 is 10.3. The molecule has 2 aromatic rings. The van der Waals surface area contributed by atoms with Gasteiger partial charge >= 0.3 is 5.97 Å². The number of hydrazone groups is 1.